The summed E-state index contributed by atoms with van der Waals surface area (Å²) in [6, 6.07) is 0. The van der Waals surface area contributed by atoms with Crippen LogP contribution in [-0.2, 0) is 9.47 Å². The molecule has 0 spiro atoms. The van der Waals surface area contributed by atoms with Crippen LogP contribution in [0, 0.1) is 6.92 Å². The van der Waals surface area contributed by atoms with Crippen LogP contribution < -0.4 is 12.4 Å². The second-order valence-corrected chi connectivity index (χ2v) is 2.84. The van der Waals surface area contributed by atoms with Crippen LogP contribution in [0.3, 0.4) is 0 Å². The Hall–Kier alpha value is 0.716. The predicted octanol–water partition coefficient (Wildman–Crippen LogP) is -0.429. The van der Waals surface area contributed by atoms with E-state index in [1.165, 1.54) is 6.42 Å². The third kappa shape index (κ3) is 20.7. The largest absolute Gasteiger partial charge is 2.00 e. The van der Waals surface area contributed by atoms with E-state index in [0.717, 1.165) is 32.5 Å². The average Bonchev–Trinajstić information content (AvgIpc) is 2.16. The molecule has 0 aliphatic rings. The van der Waals surface area contributed by atoms with E-state index in [0.29, 0.717) is 6.79 Å². The van der Waals surface area contributed by atoms with Gasteiger partial charge < -0.3 is 28.8 Å². The first kappa shape index (κ1) is 21.0. The molecular weight excluding hydrogens is 224 g/mol. The van der Waals surface area contributed by atoms with Gasteiger partial charge in [-0.2, -0.15) is 6.42 Å². The first-order chi connectivity index (χ1) is 6.41. The zero-order valence-corrected chi connectivity index (χ0v) is 11.9. The van der Waals surface area contributed by atoms with Gasteiger partial charge in [-0.3, -0.25) is 0 Å². The van der Waals surface area contributed by atoms with E-state index in [-0.39, 0.29) is 35.5 Å². The third-order valence-corrected chi connectivity index (χ3v) is 1.57. The van der Waals surface area contributed by atoms with Gasteiger partial charge in [-0.15, -0.1) is 6.08 Å². The van der Waals surface area contributed by atoms with Gasteiger partial charge in [0, 0.05) is 6.61 Å². The van der Waals surface area contributed by atoms with E-state index in [9.17, 15) is 0 Å². The number of ether oxygens (including phenoxy) is 2. The summed E-state index contributed by atoms with van der Waals surface area (Å²) in [4.78, 5) is 0. The van der Waals surface area contributed by atoms with Crippen LogP contribution in [0.4, 0.5) is 0 Å². The van der Waals surface area contributed by atoms with E-state index in [2.05, 4.69) is 19.9 Å². The molecule has 0 aromatic rings. The van der Waals surface area contributed by atoms with E-state index in [1.807, 2.05) is 6.08 Å². The van der Waals surface area contributed by atoms with Crippen molar-refractivity contribution in [3.8, 4) is 0 Å². The molecule has 0 amide bonds. The average molecular weight is 245 g/mol. The number of unbranched alkanes of at least 4 members (excludes halogenated alkanes) is 1. The maximum Gasteiger partial charge on any atom is 2.00 e. The minimum atomic E-state index is 0. The van der Waals surface area contributed by atoms with Crippen LogP contribution >= 0.6 is 0 Å². The first-order valence-electron chi connectivity index (χ1n) is 5.01. The molecule has 0 unspecified atom stereocenters. The molecule has 0 rings (SSSR count). The Bertz CT molecular complexity index is 121. The molecule has 15 heavy (non-hydrogen) atoms. The van der Waals surface area contributed by atoms with Gasteiger partial charge in [0.2, 0.25) is 0 Å². The van der Waals surface area contributed by atoms with Gasteiger partial charge in [0.05, 0.1) is 6.61 Å². The summed E-state index contributed by atoms with van der Waals surface area (Å²) in [5.41, 5.74) is 0. The molecule has 0 aromatic heterocycles. The zero-order chi connectivity index (χ0) is 9.78. The van der Waals surface area contributed by atoms with E-state index in [4.69, 9.17) is 9.47 Å². The van der Waals surface area contributed by atoms with Crippen LogP contribution in [-0.4, -0.2) is 43.1 Å². The normalized spacial score (nSPS) is 9.73. The molecule has 0 aliphatic heterocycles. The van der Waals surface area contributed by atoms with Gasteiger partial charge in [-0.25, -0.2) is 0 Å². The Morgan fingerprint density at radius 3 is 2.40 bits per heavy atom. The minimum absolute atomic E-state index is 0. The third-order valence-electron chi connectivity index (χ3n) is 1.57. The van der Waals surface area contributed by atoms with E-state index >= 15 is 0 Å². The van der Waals surface area contributed by atoms with Crippen molar-refractivity contribution in [3.63, 3.8) is 0 Å². The van der Waals surface area contributed by atoms with E-state index in [1.54, 1.807) is 0 Å². The quantitative estimate of drug-likeness (QED) is 0.180. The number of hydrogen-bond donors (Lipinski definition) is 0. The molecule has 0 saturated carbocycles. The standard InChI is InChI=1S/C11H21O2.ClH.Mg/c1-3-5-7-8-10-13-11-12-9-6-4-2;;/h5,7H,1,3-4,6,8-11H2,2H3;1H;/q-1;;+2/p-1/b7-5-;;. The molecule has 0 heterocycles. The Balaban J connectivity index is -0.000000720. The SMILES string of the molecule is [CH2-]C/C=C\CCOCOCCCC.[Cl-].[Mg+2]. The molecule has 0 bridgehead atoms. The second kappa shape index (κ2) is 20.2. The molecule has 2 nitrogen and oxygen atoms in total. The van der Waals surface area contributed by atoms with Crippen molar-refractivity contribution < 1.29 is 21.9 Å². The maximum atomic E-state index is 5.23. The van der Waals surface area contributed by atoms with Crippen LogP contribution in [0.15, 0.2) is 12.2 Å². The Kier molecular flexibility index (Phi) is 28.3. The monoisotopic (exact) mass is 244 g/mol. The molecule has 0 atom stereocenters. The van der Waals surface area contributed by atoms with Gasteiger partial charge in [-0.05, 0) is 12.8 Å². The smallest absolute Gasteiger partial charge is 1.00 e. The summed E-state index contributed by atoms with van der Waals surface area (Å²) < 4.78 is 10.5. The van der Waals surface area contributed by atoms with Gasteiger partial charge in [-0.1, -0.05) is 19.4 Å². The van der Waals surface area contributed by atoms with Crippen LogP contribution in [0.5, 0.6) is 0 Å². The van der Waals surface area contributed by atoms with Gasteiger partial charge >= 0.3 is 23.1 Å². The van der Waals surface area contributed by atoms with Crippen molar-refractivity contribution in [1.29, 1.82) is 0 Å². The summed E-state index contributed by atoms with van der Waals surface area (Å²) in [5.74, 6) is 0. The molecule has 4 heteroatoms. The Labute approximate surface area is 116 Å². The van der Waals surface area contributed by atoms with Crippen molar-refractivity contribution in [2.45, 2.75) is 32.6 Å². The zero-order valence-electron chi connectivity index (χ0n) is 9.71. The van der Waals surface area contributed by atoms with Gasteiger partial charge in [0.25, 0.3) is 0 Å². The Morgan fingerprint density at radius 2 is 1.80 bits per heavy atom. The first-order valence-corrected chi connectivity index (χ1v) is 5.01. The molecule has 0 aliphatic carbocycles. The molecule has 0 radical (unpaired) electrons. The molecule has 0 aromatic carbocycles. The summed E-state index contributed by atoms with van der Waals surface area (Å²) in [6.45, 7) is 7.83. The predicted molar refractivity (Wildman–Crippen MR) is 61.2 cm³/mol. The molecule has 0 fully saturated rings. The summed E-state index contributed by atoms with van der Waals surface area (Å²) in [6.07, 6.45) is 8.22. The molecule has 86 valence electrons. The van der Waals surface area contributed by atoms with Crippen molar-refractivity contribution in [2.75, 3.05) is 20.0 Å². The molecule has 0 saturated heterocycles. The number of allylic oxidation sites excluding steroid dienone is 1. The fourth-order valence-corrected chi connectivity index (χ4v) is 0.810. The molecular formula is C11H21ClMgO2. The second-order valence-electron chi connectivity index (χ2n) is 2.84. The summed E-state index contributed by atoms with van der Waals surface area (Å²) in [7, 11) is 0. The van der Waals surface area contributed by atoms with Crippen molar-refractivity contribution in [3.05, 3.63) is 19.1 Å². The number of halogens is 1. The van der Waals surface area contributed by atoms with Gasteiger partial charge in [0.15, 0.2) is 0 Å². The number of rotatable bonds is 9. The minimum Gasteiger partial charge on any atom is -1.00 e. The summed E-state index contributed by atoms with van der Waals surface area (Å²) in [5, 5.41) is 0. The summed E-state index contributed by atoms with van der Waals surface area (Å²) >= 11 is 0. The van der Waals surface area contributed by atoms with E-state index < -0.39 is 0 Å². The van der Waals surface area contributed by atoms with Crippen molar-refractivity contribution >= 4 is 23.1 Å². The fraction of sp³-hybridized carbons (Fsp3) is 0.727. The molecule has 0 N–H and O–H groups in total. The van der Waals surface area contributed by atoms with Crippen molar-refractivity contribution in [2.24, 2.45) is 0 Å². The fourth-order valence-electron chi connectivity index (χ4n) is 0.810. The van der Waals surface area contributed by atoms with Crippen molar-refractivity contribution in [1.82, 2.24) is 0 Å². The van der Waals surface area contributed by atoms with Crippen LogP contribution in [0.2, 0.25) is 0 Å². The van der Waals surface area contributed by atoms with Gasteiger partial charge in [0.1, 0.15) is 6.79 Å². The van der Waals surface area contributed by atoms with Crippen LogP contribution in [0.1, 0.15) is 32.6 Å². The topological polar surface area (TPSA) is 18.5 Å². The van der Waals surface area contributed by atoms with Crippen LogP contribution in [0.25, 0.3) is 0 Å². The number of hydrogen-bond acceptors (Lipinski definition) is 2. The Morgan fingerprint density at radius 1 is 1.13 bits per heavy atom. The maximum absolute atomic E-state index is 5.23.